The van der Waals surface area contributed by atoms with E-state index in [0.29, 0.717) is 17.3 Å². The first-order valence-corrected chi connectivity index (χ1v) is 9.54. The van der Waals surface area contributed by atoms with Crippen LogP contribution in [0.1, 0.15) is 30.5 Å². The third-order valence-electron chi connectivity index (χ3n) is 5.02. The van der Waals surface area contributed by atoms with Gasteiger partial charge in [0.05, 0.1) is 31.5 Å². The zero-order chi connectivity index (χ0) is 20.5. The highest BCUT2D eigenvalue weighted by Gasteiger charge is 2.33. The van der Waals surface area contributed by atoms with Crippen molar-refractivity contribution in [2.24, 2.45) is 5.10 Å². The van der Waals surface area contributed by atoms with Gasteiger partial charge in [-0.15, -0.1) is 0 Å². The molecule has 0 aliphatic carbocycles. The molecular formula is C22H20ClN3O3. The van der Waals surface area contributed by atoms with Crippen molar-refractivity contribution in [2.75, 3.05) is 14.2 Å². The number of carbonyl (C=O) groups is 1. The van der Waals surface area contributed by atoms with Gasteiger partial charge >= 0.3 is 0 Å². The van der Waals surface area contributed by atoms with E-state index in [1.807, 2.05) is 48.5 Å². The summed E-state index contributed by atoms with van der Waals surface area (Å²) in [5, 5.41) is 7.33. The second-order valence-electron chi connectivity index (χ2n) is 6.79. The zero-order valence-corrected chi connectivity index (χ0v) is 17.1. The highest BCUT2D eigenvalue weighted by molar-refractivity contribution is 6.30. The minimum atomic E-state index is -0.309. The van der Waals surface area contributed by atoms with Crippen molar-refractivity contribution in [1.29, 1.82) is 0 Å². The van der Waals surface area contributed by atoms with Crippen LogP contribution >= 0.6 is 11.6 Å². The Kier molecular flexibility index (Phi) is 5.11. The van der Waals surface area contributed by atoms with E-state index in [1.54, 1.807) is 14.2 Å². The zero-order valence-electron chi connectivity index (χ0n) is 16.3. The van der Waals surface area contributed by atoms with E-state index in [0.717, 1.165) is 33.5 Å². The van der Waals surface area contributed by atoms with Crippen LogP contribution in [0.5, 0.6) is 11.5 Å². The molecule has 0 N–H and O–H groups in total. The molecule has 4 rings (SSSR count). The molecule has 0 saturated carbocycles. The molecule has 1 atom stereocenters. The number of carbonyl (C=O) groups excluding carboxylic acids is 1. The number of fused-ring (bicyclic) bond motifs is 1. The topological polar surface area (TPSA) is 64.0 Å². The highest BCUT2D eigenvalue weighted by atomic mass is 35.5. The van der Waals surface area contributed by atoms with Gasteiger partial charge in [-0.1, -0.05) is 11.6 Å². The Morgan fingerprint density at radius 2 is 1.76 bits per heavy atom. The van der Waals surface area contributed by atoms with Crippen LogP contribution in [0, 0.1) is 0 Å². The molecule has 0 fully saturated rings. The predicted octanol–water partition coefficient (Wildman–Crippen LogP) is 4.60. The summed E-state index contributed by atoms with van der Waals surface area (Å²) in [6.45, 7) is 1.50. The van der Waals surface area contributed by atoms with Crippen molar-refractivity contribution in [2.45, 2.75) is 19.4 Å². The first-order chi connectivity index (χ1) is 14.0. The lowest BCUT2D eigenvalue weighted by Crippen LogP contribution is -2.24. The smallest absolute Gasteiger partial charge is 0.240 e. The molecule has 1 aromatic heterocycles. The van der Waals surface area contributed by atoms with Crippen LogP contribution in [0.2, 0.25) is 5.15 Å². The van der Waals surface area contributed by atoms with Crippen LogP contribution in [0.4, 0.5) is 0 Å². The van der Waals surface area contributed by atoms with Gasteiger partial charge in [0.15, 0.2) is 0 Å². The molecule has 1 aliphatic rings. The van der Waals surface area contributed by atoms with Crippen molar-refractivity contribution in [3.63, 3.8) is 0 Å². The fourth-order valence-corrected chi connectivity index (χ4v) is 3.77. The Labute approximate surface area is 173 Å². The predicted molar refractivity (Wildman–Crippen MR) is 113 cm³/mol. The standard InChI is InChI=1S/C22H20ClN3O3/c1-13(27)26-21(12-20(25-26)14-4-7-16(28-2)8-5-14)18-10-15-6-9-17(29-3)11-19(15)24-22(18)23/h4-11,21H,12H2,1-3H3. The molecule has 0 bridgehead atoms. The average molecular weight is 410 g/mol. The number of benzene rings is 2. The van der Waals surface area contributed by atoms with Gasteiger partial charge in [0, 0.05) is 30.4 Å². The van der Waals surface area contributed by atoms with Crippen LogP contribution in [0.25, 0.3) is 10.9 Å². The first kappa shape index (κ1) is 19.2. The SMILES string of the molecule is COc1ccc(C2=NN(C(C)=O)C(c3cc4ccc(OC)cc4nc3Cl)C2)cc1. The third kappa shape index (κ3) is 3.63. The van der Waals surface area contributed by atoms with Crippen LogP contribution in [-0.2, 0) is 4.79 Å². The van der Waals surface area contributed by atoms with Gasteiger partial charge in [0.2, 0.25) is 5.91 Å². The molecule has 1 amide bonds. The van der Waals surface area contributed by atoms with Gasteiger partial charge in [-0.05, 0) is 48.0 Å². The summed E-state index contributed by atoms with van der Waals surface area (Å²) in [6.07, 6.45) is 0.551. The summed E-state index contributed by atoms with van der Waals surface area (Å²) < 4.78 is 10.5. The van der Waals surface area contributed by atoms with E-state index in [-0.39, 0.29) is 11.9 Å². The molecule has 6 nitrogen and oxygen atoms in total. The molecule has 0 spiro atoms. The average Bonchev–Trinajstić information content (AvgIpc) is 3.18. The molecular weight excluding hydrogens is 390 g/mol. The van der Waals surface area contributed by atoms with Gasteiger partial charge in [-0.2, -0.15) is 5.10 Å². The Morgan fingerprint density at radius 1 is 1.07 bits per heavy atom. The van der Waals surface area contributed by atoms with Crippen molar-refractivity contribution in [3.8, 4) is 11.5 Å². The van der Waals surface area contributed by atoms with Gasteiger partial charge in [-0.3, -0.25) is 4.79 Å². The van der Waals surface area contributed by atoms with Gasteiger partial charge < -0.3 is 9.47 Å². The summed E-state index contributed by atoms with van der Waals surface area (Å²) in [7, 11) is 3.23. The van der Waals surface area contributed by atoms with E-state index in [2.05, 4.69) is 10.1 Å². The summed E-state index contributed by atoms with van der Waals surface area (Å²) in [6, 6.07) is 14.9. The Hall–Kier alpha value is -3.12. The molecule has 1 aliphatic heterocycles. The quantitative estimate of drug-likeness (QED) is 0.590. The number of hydrazone groups is 1. The van der Waals surface area contributed by atoms with E-state index in [9.17, 15) is 4.79 Å². The maximum atomic E-state index is 12.3. The molecule has 3 aromatic rings. The normalized spacial score (nSPS) is 16.1. The fourth-order valence-electron chi connectivity index (χ4n) is 3.50. The number of aromatic nitrogens is 1. The first-order valence-electron chi connectivity index (χ1n) is 9.16. The maximum absolute atomic E-state index is 12.3. The lowest BCUT2D eigenvalue weighted by molar-refractivity contribution is -0.130. The molecule has 29 heavy (non-hydrogen) atoms. The van der Waals surface area contributed by atoms with Crippen molar-refractivity contribution in [1.82, 2.24) is 9.99 Å². The molecule has 7 heteroatoms. The summed E-state index contributed by atoms with van der Waals surface area (Å²) in [4.78, 5) is 16.8. The summed E-state index contributed by atoms with van der Waals surface area (Å²) in [5.41, 5.74) is 3.27. The second-order valence-corrected chi connectivity index (χ2v) is 7.14. The number of hydrogen-bond acceptors (Lipinski definition) is 5. The Morgan fingerprint density at radius 3 is 2.41 bits per heavy atom. The number of halogens is 1. The summed E-state index contributed by atoms with van der Waals surface area (Å²) >= 11 is 6.52. The Bertz CT molecular complexity index is 1110. The molecule has 0 saturated heterocycles. The molecule has 2 heterocycles. The Balaban J connectivity index is 1.72. The molecule has 0 radical (unpaired) electrons. The van der Waals surface area contributed by atoms with Crippen molar-refractivity contribution >= 4 is 34.1 Å². The number of ether oxygens (including phenoxy) is 2. The molecule has 148 valence electrons. The largest absolute Gasteiger partial charge is 0.497 e. The van der Waals surface area contributed by atoms with Crippen molar-refractivity contribution in [3.05, 3.63) is 64.8 Å². The molecule has 2 aromatic carbocycles. The van der Waals surface area contributed by atoms with Gasteiger partial charge in [0.1, 0.15) is 16.7 Å². The van der Waals surface area contributed by atoms with Crippen LogP contribution in [0.15, 0.2) is 53.6 Å². The number of nitrogens with zero attached hydrogens (tertiary/aromatic N) is 3. The maximum Gasteiger partial charge on any atom is 0.240 e. The lowest BCUT2D eigenvalue weighted by Gasteiger charge is -2.21. The number of rotatable bonds is 4. The van der Waals surface area contributed by atoms with E-state index >= 15 is 0 Å². The highest BCUT2D eigenvalue weighted by Crippen LogP contribution is 2.37. The van der Waals surface area contributed by atoms with E-state index < -0.39 is 0 Å². The third-order valence-corrected chi connectivity index (χ3v) is 5.32. The number of hydrogen-bond donors (Lipinski definition) is 0. The minimum absolute atomic E-state index is 0.149. The fraction of sp³-hybridized carbons (Fsp3) is 0.227. The molecule has 1 unspecified atom stereocenters. The van der Waals surface area contributed by atoms with Gasteiger partial charge in [-0.25, -0.2) is 9.99 Å². The van der Waals surface area contributed by atoms with E-state index in [4.69, 9.17) is 21.1 Å². The van der Waals surface area contributed by atoms with E-state index in [1.165, 1.54) is 11.9 Å². The number of methoxy groups -OCH3 is 2. The summed E-state index contributed by atoms with van der Waals surface area (Å²) in [5.74, 6) is 1.33. The monoisotopic (exact) mass is 409 g/mol. The van der Waals surface area contributed by atoms with Crippen LogP contribution < -0.4 is 9.47 Å². The van der Waals surface area contributed by atoms with Crippen LogP contribution in [-0.4, -0.2) is 35.8 Å². The second kappa shape index (κ2) is 7.72. The van der Waals surface area contributed by atoms with Crippen molar-refractivity contribution < 1.29 is 14.3 Å². The number of pyridine rings is 1. The van der Waals surface area contributed by atoms with Crippen LogP contribution in [0.3, 0.4) is 0 Å². The number of amides is 1. The minimum Gasteiger partial charge on any atom is -0.497 e. The lowest BCUT2D eigenvalue weighted by atomic mass is 9.98. The van der Waals surface area contributed by atoms with Gasteiger partial charge in [0.25, 0.3) is 0 Å².